The summed E-state index contributed by atoms with van der Waals surface area (Å²) in [7, 11) is 0. The van der Waals surface area contributed by atoms with Crippen molar-refractivity contribution in [3.05, 3.63) is 39.9 Å². The number of amides is 2. The molecular weight excluding hydrogens is 421 g/mol. The molecule has 2 saturated heterocycles. The lowest BCUT2D eigenvalue weighted by molar-refractivity contribution is -0.142. The number of rotatable bonds is 6. The Labute approximate surface area is 188 Å². The first-order valence-electron chi connectivity index (χ1n) is 10.9. The van der Waals surface area contributed by atoms with Crippen molar-refractivity contribution in [1.29, 1.82) is 0 Å². The molecule has 2 heterocycles. The Morgan fingerprint density at radius 3 is 2.43 bits per heavy atom. The first kappa shape index (κ1) is 21.7. The smallest absolute Gasteiger partial charge is 0.247 e. The molecule has 4 rings (SSSR count). The molecule has 0 N–H and O–H groups in total. The van der Waals surface area contributed by atoms with E-state index in [0.29, 0.717) is 28.5 Å². The van der Waals surface area contributed by atoms with E-state index in [4.69, 9.17) is 23.2 Å². The average molecular weight is 450 g/mol. The monoisotopic (exact) mass is 449 g/mol. The van der Waals surface area contributed by atoms with E-state index < -0.39 is 0 Å². The third-order valence-corrected chi connectivity index (χ3v) is 7.51. The van der Waals surface area contributed by atoms with Crippen LogP contribution >= 0.6 is 23.2 Å². The highest BCUT2D eigenvalue weighted by atomic mass is 35.5. The van der Waals surface area contributed by atoms with Gasteiger partial charge in [-0.15, -0.1) is 0 Å². The Balaban J connectivity index is 1.18. The van der Waals surface area contributed by atoms with E-state index in [0.717, 1.165) is 25.1 Å². The van der Waals surface area contributed by atoms with E-state index >= 15 is 0 Å². The second-order valence-electron chi connectivity index (χ2n) is 8.84. The summed E-state index contributed by atoms with van der Waals surface area (Å²) < 4.78 is 0. The van der Waals surface area contributed by atoms with Gasteiger partial charge in [-0.25, -0.2) is 0 Å². The minimum atomic E-state index is -0.156. The van der Waals surface area contributed by atoms with Gasteiger partial charge < -0.3 is 14.7 Å². The summed E-state index contributed by atoms with van der Waals surface area (Å²) in [6.45, 7) is 5.59. The summed E-state index contributed by atoms with van der Waals surface area (Å²) in [4.78, 5) is 31.0. The largest absolute Gasteiger partial charge is 0.339 e. The van der Waals surface area contributed by atoms with Gasteiger partial charge in [0.25, 0.3) is 0 Å². The number of piperazine rings is 1. The number of hydrogen-bond donors (Lipinski definition) is 0. The van der Waals surface area contributed by atoms with Crippen LogP contribution < -0.4 is 0 Å². The van der Waals surface area contributed by atoms with Crippen LogP contribution in [0, 0.1) is 5.41 Å². The minimum absolute atomic E-state index is 0.0353. The molecule has 5 nitrogen and oxygen atoms in total. The summed E-state index contributed by atoms with van der Waals surface area (Å²) in [5.41, 5.74) is 1.51. The van der Waals surface area contributed by atoms with Gasteiger partial charge in [-0.3, -0.25) is 9.59 Å². The van der Waals surface area contributed by atoms with E-state index in [1.165, 1.54) is 44.8 Å². The maximum atomic E-state index is 12.5. The highest BCUT2D eigenvalue weighted by Crippen LogP contribution is 2.53. The zero-order chi connectivity index (χ0) is 21.1. The van der Waals surface area contributed by atoms with Crippen LogP contribution in [0.5, 0.6) is 0 Å². The van der Waals surface area contributed by atoms with Crippen LogP contribution in [0.3, 0.4) is 0 Å². The Bertz CT molecular complexity index is 828. The molecular formula is C23H29Cl2N3O2. The Morgan fingerprint density at radius 2 is 1.77 bits per heavy atom. The number of hydrogen-bond acceptors (Lipinski definition) is 3. The van der Waals surface area contributed by atoms with Gasteiger partial charge >= 0.3 is 0 Å². The second-order valence-corrected chi connectivity index (χ2v) is 9.66. The van der Waals surface area contributed by atoms with Crippen molar-refractivity contribution < 1.29 is 9.59 Å². The predicted molar refractivity (Wildman–Crippen MR) is 121 cm³/mol. The zero-order valence-corrected chi connectivity index (χ0v) is 18.8. The van der Waals surface area contributed by atoms with Crippen molar-refractivity contribution in [3.8, 4) is 0 Å². The highest BCUT2D eigenvalue weighted by Gasteiger charge is 2.44. The third kappa shape index (κ3) is 5.37. The molecule has 0 aromatic heterocycles. The summed E-state index contributed by atoms with van der Waals surface area (Å²) >= 11 is 11.9. The predicted octanol–water partition coefficient (Wildman–Crippen LogP) is 3.94. The van der Waals surface area contributed by atoms with Crippen molar-refractivity contribution in [1.82, 2.24) is 14.7 Å². The highest BCUT2D eigenvalue weighted by molar-refractivity contribution is 6.42. The maximum absolute atomic E-state index is 12.5. The fourth-order valence-corrected chi connectivity index (χ4v) is 4.74. The van der Waals surface area contributed by atoms with Crippen LogP contribution in [0.25, 0.3) is 6.08 Å². The Kier molecular flexibility index (Phi) is 6.71. The van der Waals surface area contributed by atoms with Gasteiger partial charge in [-0.2, -0.15) is 0 Å². The van der Waals surface area contributed by atoms with Crippen molar-refractivity contribution in [2.75, 3.05) is 45.8 Å². The van der Waals surface area contributed by atoms with Gasteiger partial charge in [-0.05, 0) is 80.9 Å². The van der Waals surface area contributed by atoms with Gasteiger partial charge in [0.2, 0.25) is 11.8 Å². The van der Waals surface area contributed by atoms with Crippen LogP contribution in [0.15, 0.2) is 24.3 Å². The van der Waals surface area contributed by atoms with E-state index in [1.54, 1.807) is 29.2 Å². The topological polar surface area (TPSA) is 43.9 Å². The van der Waals surface area contributed by atoms with Crippen LogP contribution in [0.4, 0.5) is 0 Å². The number of carbonyl (C=O) groups excluding carboxylic acids is 2. The molecule has 1 aromatic carbocycles. The number of benzene rings is 1. The summed E-state index contributed by atoms with van der Waals surface area (Å²) in [5.74, 6) is -0.121. The molecule has 1 aromatic rings. The fraction of sp³-hybridized carbons (Fsp3) is 0.565. The normalized spacial score (nSPS) is 21.6. The van der Waals surface area contributed by atoms with Gasteiger partial charge in [0.1, 0.15) is 6.54 Å². The summed E-state index contributed by atoms with van der Waals surface area (Å²) in [6.07, 6.45) is 9.76. The molecule has 1 aliphatic carbocycles. The second kappa shape index (κ2) is 9.29. The van der Waals surface area contributed by atoms with Gasteiger partial charge in [0, 0.05) is 25.7 Å². The zero-order valence-electron chi connectivity index (χ0n) is 17.3. The Morgan fingerprint density at radius 1 is 1.00 bits per heavy atom. The van der Waals surface area contributed by atoms with Crippen molar-refractivity contribution in [3.63, 3.8) is 0 Å². The first-order chi connectivity index (χ1) is 14.4. The van der Waals surface area contributed by atoms with E-state index in [1.807, 2.05) is 4.90 Å². The van der Waals surface area contributed by atoms with E-state index in [-0.39, 0.29) is 18.4 Å². The van der Waals surface area contributed by atoms with E-state index in [9.17, 15) is 9.59 Å². The number of likely N-dealkylation sites (tertiary alicyclic amines) is 1. The lowest BCUT2D eigenvalue weighted by Gasteiger charge is -2.35. The standard InChI is InChI=1S/C23H29Cl2N3O2/c24-19-4-2-18(16-20(19)25)3-5-21(29)28-15-14-27(22(30)17-28)11-1-10-26-12-8-23(6-7-23)9-13-26/h2-5,16H,1,6-15,17H2/b5-3+. The molecule has 2 aliphatic heterocycles. The van der Waals surface area contributed by atoms with Crippen molar-refractivity contribution in [2.24, 2.45) is 5.41 Å². The SMILES string of the molecule is O=C(/C=C/c1ccc(Cl)c(Cl)c1)N1CCN(CCCN2CCC3(CC2)CC3)C(=O)C1. The minimum Gasteiger partial charge on any atom is -0.339 e. The van der Waals surface area contributed by atoms with Gasteiger partial charge in [-0.1, -0.05) is 29.3 Å². The molecule has 1 spiro atoms. The summed E-state index contributed by atoms with van der Waals surface area (Å²) in [6, 6.07) is 5.21. The van der Waals surface area contributed by atoms with Crippen LogP contribution in [-0.4, -0.2) is 72.3 Å². The molecule has 3 fully saturated rings. The van der Waals surface area contributed by atoms with Crippen molar-refractivity contribution >= 4 is 41.1 Å². The quantitative estimate of drug-likeness (QED) is 0.617. The maximum Gasteiger partial charge on any atom is 0.247 e. The molecule has 0 bridgehead atoms. The molecule has 0 radical (unpaired) electrons. The van der Waals surface area contributed by atoms with Gasteiger partial charge in [0.05, 0.1) is 10.0 Å². The molecule has 2 amide bonds. The summed E-state index contributed by atoms with van der Waals surface area (Å²) in [5, 5.41) is 0.931. The van der Waals surface area contributed by atoms with Crippen molar-refractivity contribution in [2.45, 2.75) is 32.1 Å². The lowest BCUT2D eigenvalue weighted by Crippen LogP contribution is -2.52. The number of halogens is 2. The third-order valence-electron chi connectivity index (χ3n) is 6.77. The van der Waals surface area contributed by atoms with Crippen LogP contribution in [0.1, 0.15) is 37.7 Å². The first-order valence-corrected chi connectivity index (χ1v) is 11.6. The molecule has 3 aliphatic rings. The number of piperidine rings is 1. The fourth-order valence-electron chi connectivity index (χ4n) is 4.43. The molecule has 30 heavy (non-hydrogen) atoms. The average Bonchev–Trinajstić information content (AvgIpc) is 3.50. The molecule has 7 heteroatoms. The van der Waals surface area contributed by atoms with Crippen LogP contribution in [0.2, 0.25) is 10.0 Å². The number of nitrogens with zero attached hydrogens (tertiary/aromatic N) is 3. The van der Waals surface area contributed by atoms with Gasteiger partial charge in [0.15, 0.2) is 0 Å². The molecule has 1 saturated carbocycles. The molecule has 0 atom stereocenters. The Hall–Kier alpha value is -1.56. The van der Waals surface area contributed by atoms with E-state index in [2.05, 4.69) is 4.90 Å². The lowest BCUT2D eigenvalue weighted by atomic mass is 9.94. The number of carbonyl (C=O) groups is 2. The van der Waals surface area contributed by atoms with Crippen LogP contribution in [-0.2, 0) is 9.59 Å². The molecule has 162 valence electrons. The molecule has 0 unspecified atom stereocenters.